The molecule has 0 aromatic carbocycles. The lowest BCUT2D eigenvalue weighted by atomic mass is 9.91. The maximum atomic E-state index is 12.1. The van der Waals surface area contributed by atoms with Gasteiger partial charge in [-0.05, 0) is 18.8 Å². The van der Waals surface area contributed by atoms with Crippen LogP contribution in [-0.2, 0) is 14.4 Å². The standard InChI is InChI=1S/C13H16N2O4/c1-14-11(17)10(12(18)15(2)13(14)19)9(16)7-8-5-3-4-6-8/h3,5,8,10H,4,6-7H2,1-2H3. The summed E-state index contributed by atoms with van der Waals surface area (Å²) in [5, 5.41) is 0. The third-order valence-electron chi connectivity index (χ3n) is 3.63. The zero-order valence-electron chi connectivity index (χ0n) is 11.0. The van der Waals surface area contributed by atoms with Crippen LogP contribution in [-0.4, -0.2) is 47.5 Å². The summed E-state index contributed by atoms with van der Waals surface area (Å²) in [6.07, 6.45) is 5.89. The zero-order valence-corrected chi connectivity index (χ0v) is 11.0. The number of rotatable bonds is 3. The molecule has 0 spiro atoms. The minimum absolute atomic E-state index is 0.0985. The van der Waals surface area contributed by atoms with Crippen molar-refractivity contribution < 1.29 is 19.2 Å². The summed E-state index contributed by atoms with van der Waals surface area (Å²) in [6, 6.07) is -0.695. The second-order valence-electron chi connectivity index (χ2n) is 4.95. The van der Waals surface area contributed by atoms with E-state index in [4.69, 9.17) is 0 Å². The third-order valence-corrected chi connectivity index (χ3v) is 3.63. The van der Waals surface area contributed by atoms with E-state index >= 15 is 0 Å². The monoisotopic (exact) mass is 264 g/mol. The first-order valence-electron chi connectivity index (χ1n) is 6.22. The molecule has 0 aromatic heterocycles. The molecule has 0 aromatic rings. The Morgan fingerprint density at radius 1 is 1.21 bits per heavy atom. The molecule has 6 nitrogen and oxygen atoms in total. The molecule has 102 valence electrons. The average molecular weight is 264 g/mol. The van der Waals surface area contributed by atoms with Gasteiger partial charge in [-0.15, -0.1) is 0 Å². The number of Topliss-reactive ketones (excluding diaryl/α,β-unsaturated/α-hetero) is 1. The van der Waals surface area contributed by atoms with Gasteiger partial charge in [-0.3, -0.25) is 24.2 Å². The van der Waals surface area contributed by atoms with E-state index in [1.807, 2.05) is 12.2 Å². The van der Waals surface area contributed by atoms with Crippen LogP contribution in [0, 0.1) is 11.8 Å². The van der Waals surface area contributed by atoms with Crippen LogP contribution in [0.1, 0.15) is 19.3 Å². The lowest BCUT2D eigenvalue weighted by molar-refractivity contribution is -0.152. The van der Waals surface area contributed by atoms with E-state index < -0.39 is 29.5 Å². The summed E-state index contributed by atoms with van der Waals surface area (Å²) in [6.45, 7) is 0. The van der Waals surface area contributed by atoms with E-state index in [0.717, 1.165) is 22.6 Å². The molecule has 1 fully saturated rings. The molecule has 2 aliphatic rings. The van der Waals surface area contributed by atoms with Crippen LogP contribution in [0.25, 0.3) is 0 Å². The van der Waals surface area contributed by atoms with Crippen molar-refractivity contribution >= 4 is 23.6 Å². The molecular formula is C13H16N2O4. The average Bonchev–Trinajstić information content (AvgIpc) is 2.87. The highest BCUT2D eigenvalue weighted by Gasteiger charge is 2.46. The maximum absolute atomic E-state index is 12.1. The van der Waals surface area contributed by atoms with Crippen LogP contribution in [0.5, 0.6) is 0 Å². The Balaban J connectivity index is 2.15. The van der Waals surface area contributed by atoms with Crippen LogP contribution in [0.3, 0.4) is 0 Å². The van der Waals surface area contributed by atoms with Gasteiger partial charge in [0.1, 0.15) is 0 Å². The van der Waals surface area contributed by atoms with Gasteiger partial charge < -0.3 is 0 Å². The van der Waals surface area contributed by atoms with Crippen LogP contribution in [0.2, 0.25) is 0 Å². The topological polar surface area (TPSA) is 74.8 Å². The van der Waals surface area contributed by atoms with E-state index in [-0.39, 0.29) is 12.3 Å². The molecule has 2 rings (SSSR count). The highest BCUT2D eigenvalue weighted by molar-refractivity contribution is 6.26. The van der Waals surface area contributed by atoms with Crippen molar-refractivity contribution in [1.82, 2.24) is 9.80 Å². The van der Waals surface area contributed by atoms with Crippen LogP contribution >= 0.6 is 0 Å². The van der Waals surface area contributed by atoms with E-state index in [9.17, 15) is 19.2 Å². The second-order valence-corrected chi connectivity index (χ2v) is 4.95. The molecule has 1 unspecified atom stereocenters. The van der Waals surface area contributed by atoms with E-state index in [2.05, 4.69) is 0 Å². The molecule has 1 saturated heterocycles. The van der Waals surface area contributed by atoms with Crippen molar-refractivity contribution in [2.24, 2.45) is 11.8 Å². The molecule has 0 N–H and O–H groups in total. The van der Waals surface area contributed by atoms with Crippen molar-refractivity contribution in [3.63, 3.8) is 0 Å². The normalized spacial score (nSPS) is 24.5. The van der Waals surface area contributed by atoms with E-state index in [1.165, 1.54) is 14.1 Å². The fourth-order valence-electron chi connectivity index (χ4n) is 2.42. The number of amides is 4. The van der Waals surface area contributed by atoms with Gasteiger partial charge in [-0.2, -0.15) is 0 Å². The Morgan fingerprint density at radius 2 is 1.79 bits per heavy atom. The van der Waals surface area contributed by atoms with E-state index in [0.29, 0.717) is 0 Å². The number of urea groups is 1. The van der Waals surface area contributed by atoms with Gasteiger partial charge >= 0.3 is 6.03 Å². The summed E-state index contributed by atoms with van der Waals surface area (Å²) in [5.41, 5.74) is 0. The predicted molar refractivity (Wildman–Crippen MR) is 65.9 cm³/mol. The number of carbonyl (C=O) groups is 4. The molecule has 1 atom stereocenters. The molecule has 0 bridgehead atoms. The van der Waals surface area contributed by atoms with Gasteiger partial charge in [0, 0.05) is 20.5 Å². The van der Waals surface area contributed by atoms with Crippen molar-refractivity contribution in [1.29, 1.82) is 0 Å². The van der Waals surface area contributed by atoms with Gasteiger partial charge in [0.05, 0.1) is 0 Å². The summed E-state index contributed by atoms with van der Waals surface area (Å²) >= 11 is 0. The molecule has 1 heterocycles. The Hall–Kier alpha value is -1.98. The van der Waals surface area contributed by atoms with Gasteiger partial charge in [0.2, 0.25) is 0 Å². The second kappa shape index (κ2) is 4.95. The van der Waals surface area contributed by atoms with Crippen LogP contribution in [0.15, 0.2) is 12.2 Å². The summed E-state index contributed by atoms with van der Waals surface area (Å²) < 4.78 is 0. The minimum Gasteiger partial charge on any atom is -0.298 e. The van der Waals surface area contributed by atoms with Crippen molar-refractivity contribution in [3.8, 4) is 0 Å². The summed E-state index contributed by atoms with van der Waals surface area (Å²) in [4.78, 5) is 49.2. The molecule has 4 amide bonds. The lowest BCUT2D eigenvalue weighted by Gasteiger charge is -2.32. The summed E-state index contributed by atoms with van der Waals surface area (Å²) in [7, 11) is 2.56. The highest BCUT2D eigenvalue weighted by Crippen LogP contribution is 2.25. The van der Waals surface area contributed by atoms with E-state index in [1.54, 1.807) is 0 Å². The first-order valence-corrected chi connectivity index (χ1v) is 6.22. The smallest absolute Gasteiger partial charge is 0.298 e. The van der Waals surface area contributed by atoms with Crippen LogP contribution in [0.4, 0.5) is 4.79 Å². The quantitative estimate of drug-likeness (QED) is 0.552. The number of imide groups is 2. The molecular weight excluding hydrogens is 248 g/mol. The van der Waals surface area contributed by atoms with Crippen molar-refractivity contribution in [2.75, 3.05) is 14.1 Å². The Bertz CT molecular complexity index is 459. The molecule has 6 heteroatoms. The number of hydrogen-bond donors (Lipinski definition) is 0. The third kappa shape index (κ3) is 2.30. The van der Waals surface area contributed by atoms with Gasteiger partial charge in [0.25, 0.3) is 11.8 Å². The van der Waals surface area contributed by atoms with Gasteiger partial charge in [0.15, 0.2) is 11.7 Å². The molecule has 1 aliphatic carbocycles. The number of ketones is 1. The predicted octanol–water partition coefficient (Wildman–Crippen LogP) is 0.578. The van der Waals surface area contributed by atoms with Crippen LogP contribution < -0.4 is 0 Å². The van der Waals surface area contributed by atoms with Gasteiger partial charge in [-0.25, -0.2) is 4.79 Å². The fraction of sp³-hybridized carbons (Fsp3) is 0.538. The first-order chi connectivity index (χ1) is 8.93. The highest BCUT2D eigenvalue weighted by atomic mass is 16.2. The maximum Gasteiger partial charge on any atom is 0.332 e. The number of allylic oxidation sites excluding steroid dienone is 2. The Labute approximate surface area is 111 Å². The SMILES string of the molecule is CN1C(=O)C(C(=O)CC2C=CCC2)C(=O)N(C)C1=O. The molecule has 0 radical (unpaired) electrons. The van der Waals surface area contributed by atoms with Crippen molar-refractivity contribution in [3.05, 3.63) is 12.2 Å². The van der Waals surface area contributed by atoms with Crippen molar-refractivity contribution in [2.45, 2.75) is 19.3 Å². The number of barbiturate groups is 1. The molecule has 1 aliphatic heterocycles. The number of nitrogens with zero attached hydrogens (tertiary/aromatic N) is 2. The number of carbonyl (C=O) groups excluding carboxylic acids is 4. The van der Waals surface area contributed by atoms with Gasteiger partial charge in [-0.1, -0.05) is 12.2 Å². The molecule has 0 saturated carbocycles. The molecule has 19 heavy (non-hydrogen) atoms. The summed E-state index contributed by atoms with van der Waals surface area (Å²) in [5.74, 6) is -3.11. The Morgan fingerprint density at radius 3 is 2.26 bits per heavy atom. The minimum atomic E-state index is -1.36. The first kappa shape index (κ1) is 13.5. The Kier molecular flexibility index (Phi) is 3.50. The zero-order chi connectivity index (χ0) is 14.2. The largest absolute Gasteiger partial charge is 0.332 e. The number of hydrogen-bond acceptors (Lipinski definition) is 4. The lowest BCUT2D eigenvalue weighted by Crippen LogP contribution is -2.59. The fourth-order valence-corrected chi connectivity index (χ4v) is 2.42.